The van der Waals surface area contributed by atoms with E-state index in [-0.39, 0.29) is 11.3 Å². The highest BCUT2D eigenvalue weighted by Crippen LogP contribution is 2.24. The highest BCUT2D eigenvalue weighted by Gasteiger charge is 2.15. The molecule has 0 spiro atoms. The van der Waals surface area contributed by atoms with Gasteiger partial charge in [-0.15, -0.1) is 0 Å². The summed E-state index contributed by atoms with van der Waals surface area (Å²) in [5.74, 6) is -1.56. The van der Waals surface area contributed by atoms with E-state index in [2.05, 4.69) is 20.4 Å². The van der Waals surface area contributed by atoms with Gasteiger partial charge in [0.05, 0.1) is 16.9 Å². The summed E-state index contributed by atoms with van der Waals surface area (Å²) in [4.78, 5) is 31.1. The Balaban J connectivity index is 1.86. The number of aromatic nitrogens is 4. The summed E-state index contributed by atoms with van der Waals surface area (Å²) in [6, 6.07) is 8.10. The second-order valence-corrected chi connectivity index (χ2v) is 4.97. The largest absolute Gasteiger partial charge is 0.477 e. The number of aromatic carboxylic acids is 1. The molecular formula is C16H13N5O3. The van der Waals surface area contributed by atoms with Gasteiger partial charge in [-0.25, -0.2) is 9.78 Å². The van der Waals surface area contributed by atoms with E-state index in [1.54, 1.807) is 36.3 Å². The van der Waals surface area contributed by atoms with Crippen LogP contribution in [0.4, 0.5) is 5.69 Å². The molecule has 0 aromatic carbocycles. The molecule has 3 heterocycles. The van der Waals surface area contributed by atoms with Crippen LogP contribution in [0.3, 0.4) is 0 Å². The van der Waals surface area contributed by atoms with Gasteiger partial charge < -0.3 is 10.4 Å². The zero-order chi connectivity index (χ0) is 17.1. The number of rotatable bonds is 4. The lowest BCUT2D eigenvalue weighted by molar-refractivity contribution is 0.0690. The smallest absolute Gasteiger partial charge is 0.354 e. The minimum Gasteiger partial charge on any atom is -0.477 e. The number of carbonyl (C=O) groups is 2. The van der Waals surface area contributed by atoms with Gasteiger partial charge in [-0.05, 0) is 24.3 Å². The SMILES string of the molecule is Cn1cc(NC(=O)c2ccc(C(=O)O)nc2)c(-c2ccccn2)n1. The van der Waals surface area contributed by atoms with Gasteiger partial charge in [-0.2, -0.15) is 5.10 Å². The summed E-state index contributed by atoms with van der Waals surface area (Å²) in [6.07, 6.45) is 4.53. The molecule has 8 heteroatoms. The predicted octanol–water partition coefficient (Wildman–Crippen LogP) is 1.83. The molecule has 1 amide bonds. The van der Waals surface area contributed by atoms with E-state index in [1.165, 1.54) is 18.3 Å². The van der Waals surface area contributed by atoms with Crippen molar-refractivity contribution in [2.75, 3.05) is 5.32 Å². The molecule has 24 heavy (non-hydrogen) atoms. The van der Waals surface area contributed by atoms with Gasteiger partial charge >= 0.3 is 5.97 Å². The third-order valence-electron chi connectivity index (χ3n) is 3.23. The van der Waals surface area contributed by atoms with Gasteiger partial charge in [0, 0.05) is 25.6 Å². The van der Waals surface area contributed by atoms with Crippen LogP contribution in [-0.2, 0) is 7.05 Å². The van der Waals surface area contributed by atoms with Crippen molar-refractivity contribution in [1.82, 2.24) is 19.7 Å². The van der Waals surface area contributed by atoms with Crippen LogP contribution < -0.4 is 5.32 Å². The second-order valence-electron chi connectivity index (χ2n) is 4.97. The molecule has 0 bridgehead atoms. The Kier molecular flexibility index (Phi) is 4.02. The number of carbonyl (C=O) groups excluding carboxylic acids is 1. The Labute approximate surface area is 136 Å². The van der Waals surface area contributed by atoms with E-state index < -0.39 is 11.9 Å². The summed E-state index contributed by atoms with van der Waals surface area (Å²) in [7, 11) is 1.74. The fourth-order valence-electron chi connectivity index (χ4n) is 2.12. The van der Waals surface area contributed by atoms with E-state index in [9.17, 15) is 9.59 Å². The molecule has 2 N–H and O–H groups in total. The summed E-state index contributed by atoms with van der Waals surface area (Å²) >= 11 is 0. The average Bonchev–Trinajstić information content (AvgIpc) is 2.96. The molecule has 0 fully saturated rings. The second kappa shape index (κ2) is 6.29. The third-order valence-corrected chi connectivity index (χ3v) is 3.23. The van der Waals surface area contributed by atoms with E-state index in [4.69, 9.17) is 5.11 Å². The predicted molar refractivity (Wildman–Crippen MR) is 85.6 cm³/mol. The number of nitrogens with one attached hydrogen (secondary N) is 1. The third kappa shape index (κ3) is 3.12. The van der Waals surface area contributed by atoms with Crippen LogP contribution in [0.1, 0.15) is 20.8 Å². The molecule has 0 saturated carbocycles. The van der Waals surface area contributed by atoms with Crippen molar-refractivity contribution in [2.45, 2.75) is 0 Å². The average molecular weight is 323 g/mol. The molecule has 3 aromatic rings. The molecule has 0 aliphatic carbocycles. The van der Waals surface area contributed by atoms with Crippen molar-refractivity contribution < 1.29 is 14.7 Å². The molecule has 0 atom stereocenters. The van der Waals surface area contributed by atoms with E-state index in [0.29, 0.717) is 17.1 Å². The molecule has 8 nitrogen and oxygen atoms in total. The number of hydrogen-bond acceptors (Lipinski definition) is 5. The quantitative estimate of drug-likeness (QED) is 0.758. The van der Waals surface area contributed by atoms with Crippen LogP contribution in [-0.4, -0.2) is 36.7 Å². The summed E-state index contributed by atoms with van der Waals surface area (Å²) in [5.41, 5.74) is 1.80. The zero-order valence-corrected chi connectivity index (χ0v) is 12.7. The number of amides is 1. The first-order valence-electron chi connectivity index (χ1n) is 7.00. The highest BCUT2D eigenvalue weighted by molar-refractivity contribution is 6.05. The summed E-state index contributed by atoms with van der Waals surface area (Å²) in [6.45, 7) is 0. The Hall–Kier alpha value is -3.55. The highest BCUT2D eigenvalue weighted by atomic mass is 16.4. The first-order valence-corrected chi connectivity index (χ1v) is 7.00. The molecule has 0 saturated heterocycles. The monoisotopic (exact) mass is 323 g/mol. The molecule has 0 unspecified atom stereocenters. The molecule has 3 rings (SSSR count). The molecule has 0 aliphatic heterocycles. The van der Waals surface area contributed by atoms with Gasteiger partial charge in [0.25, 0.3) is 5.91 Å². The number of pyridine rings is 2. The van der Waals surface area contributed by atoms with Gasteiger partial charge in [-0.1, -0.05) is 6.07 Å². The van der Waals surface area contributed by atoms with Crippen LogP contribution in [0, 0.1) is 0 Å². The first kappa shape index (κ1) is 15.3. The lowest BCUT2D eigenvalue weighted by Gasteiger charge is -2.05. The maximum absolute atomic E-state index is 12.3. The molecule has 120 valence electrons. The van der Waals surface area contributed by atoms with Crippen LogP contribution in [0.5, 0.6) is 0 Å². The van der Waals surface area contributed by atoms with Gasteiger partial charge in [-0.3, -0.25) is 14.5 Å². The van der Waals surface area contributed by atoms with E-state index in [1.807, 2.05) is 6.07 Å². The van der Waals surface area contributed by atoms with Crippen molar-refractivity contribution in [3.8, 4) is 11.4 Å². The van der Waals surface area contributed by atoms with Crippen molar-refractivity contribution in [1.29, 1.82) is 0 Å². The molecular weight excluding hydrogens is 310 g/mol. The van der Waals surface area contributed by atoms with Crippen LogP contribution in [0.15, 0.2) is 48.9 Å². The fourth-order valence-corrected chi connectivity index (χ4v) is 2.12. The summed E-state index contributed by atoms with van der Waals surface area (Å²) < 4.78 is 1.57. The number of carboxylic acid groups (broad SMARTS) is 1. The number of hydrogen-bond donors (Lipinski definition) is 2. The summed E-state index contributed by atoms with van der Waals surface area (Å²) in [5, 5.41) is 15.9. The maximum atomic E-state index is 12.3. The first-order chi connectivity index (χ1) is 11.5. The molecule has 0 aliphatic rings. The maximum Gasteiger partial charge on any atom is 0.354 e. The Morgan fingerprint density at radius 2 is 2.00 bits per heavy atom. The van der Waals surface area contributed by atoms with Crippen LogP contribution >= 0.6 is 0 Å². The normalized spacial score (nSPS) is 10.4. The van der Waals surface area contributed by atoms with Crippen LogP contribution in [0.25, 0.3) is 11.4 Å². The molecule has 0 radical (unpaired) electrons. The topological polar surface area (TPSA) is 110 Å². The van der Waals surface area contributed by atoms with E-state index in [0.717, 1.165) is 0 Å². The standard InChI is InChI=1S/C16H13N5O3/c1-21-9-13(14(20-21)11-4-2-3-7-17-11)19-15(22)10-5-6-12(16(23)24)18-8-10/h2-9H,1H3,(H,19,22)(H,23,24). The number of nitrogens with zero attached hydrogens (tertiary/aromatic N) is 4. The zero-order valence-electron chi connectivity index (χ0n) is 12.7. The molecule has 3 aromatic heterocycles. The Morgan fingerprint density at radius 1 is 1.17 bits per heavy atom. The Bertz CT molecular complexity index is 888. The number of carboxylic acids is 1. The van der Waals surface area contributed by atoms with Crippen molar-refractivity contribution in [3.63, 3.8) is 0 Å². The fraction of sp³-hybridized carbons (Fsp3) is 0.0625. The van der Waals surface area contributed by atoms with Crippen molar-refractivity contribution >= 4 is 17.6 Å². The lowest BCUT2D eigenvalue weighted by atomic mass is 10.2. The van der Waals surface area contributed by atoms with Crippen molar-refractivity contribution in [3.05, 3.63) is 60.2 Å². The van der Waals surface area contributed by atoms with Crippen LogP contribution in [0.2, 0.25) is 0 Å². The van der Waals surface area contributed by atoms with Gasteiger partial charge in [0.1, 0.15) is 11.4 Å². The number of aryl methyl sites for hydroxylation is 1. The van der Waals surface area contributed by atoms with Gasteiger partial charge in [0.2, 0.25) is 0 Å². The Morgan fingerprint density at radius 3 is 2.62 bits per heavy atom. The minimum atomic E-state index is -1.15. The minimum absolute atomic E-state index is 0.123. The lowest BCUT2D eigenvalue weighted by Crippen LogP contribution is -2.13. The van der Waals surface area contributed by atoms with Crippen molar-refractivity contribution in [2.24, 2.45) is 7.05 Å². The number of anilines is 1. The van der Waals surface area contributed by atoms with Gasteiger partial charge in [0.15, 0.2) is 0 Å². The van der Waals surface area contributed by atoms with E-state index >= 15 is 0 Å².